The number of carbonyl (C=O) groups is 1. The number of carbonyl (C=O) groups excluding carboxylic acids is 1. The average Bonchev–Trinajstić information content (AvgIpc) is 3.21. The molecule has 10 heteroatoms. The molecule has 2 aromatic heterocycles. The first-order chi connectivity index (χ1) is 15.0. The molecule has 0 radical (unpaired) electrons. The lowest BCUT2D eigenvalue weighted by Gasteiger charge is -2.21. The molecule has 1 aliphatic heterocycles. The van der Waals surface area contributed by atoms with Crippen LogP contribution in [-0.4, -0.2) is 32.3 Å². The zero-order valence-corrected chi connectivity index (χ0v) is 17.4. The Morgan fingerprint density at radius 2 is 2.00 bits per heavy atom. The van der Waals surface area contributed by atoms with Crippen LogP contribution in [0.1, 0.15) is 30.0 Å². The van der Waals surface area contributed by atoms with Gasteiger partial charge >= 0.3 is 5.69 Å². The van der Waals surface area contributed by atoms with Crippen molar-refractivity contribution in [3.05, 3.63) is 62.3 Å². The van der Waals surface area contributed by atoms with Crippen molar-refractivity contribution in [2.24, 2.45) is 0 Å². The summed E-state index contributed by atoms with van der Waals surface area (Å²) in [6.45, 7) is 1.98. The fraction of sp³-hybridized carbons (Fsp3) is 0.381. The number of rotatable bonds is 6. The SMILES string of the molecule is COc1ccc(CNC(=O)Cn2c(=O)c(-c3noc(C)n3)c3n(c2=O)CCCC3)cc1. The van der Waals surface area contributed by atoms with E-state index >= 15 is 0 Å². The molecule has 162 valence electrons. The maximum Gasteiger partial charge on any atom is 0.331 e. The van der Waals surface area contributed by atoms with Gasteiger partial charge in [-0.3, -0.25) is 18.7 Å². The van der Waals surface area contributed by atoms with E-state index < -0.39 is 23.7 Å². The number of hydrogen-bond acceptors (Lipinski definition) is 7. The Kier molecular flexibility index (Phi) is 5.70. The second-order valence-electron chi connectivity index (χ2n) is 7.37. The number of methoxy groups -OCH3 is 1. The second-order valence-corrected chi connectivity index (χ2v) is 7.37. The van der Waals surface area contributed by atoms with Gasteiger partial charge in [0.1, 0.15) is 17.9 Å². The topological polar surface area (TPSA) is 121 Å². The van der Waals surface area contributed by atoms with Gasteiger partial charge in [-0.05, 0) is 37.0 Å². The second kappa shape index (κ2) is 8.58. The molecule has 1 aliphatic rings. The molecule has 1 amide bonds. The van der Waals surface area contributed by atoms with Crippen LogP contribution in [0.15, 0.2) is 38.4 Å². The normalized spacial score (nSPS) is 13.0. The summed E-state index contributed by atoms with van der Waals surface area (Å²) in [4.78, 5) is 42.9. The molecule has 0 bridgehead atoms. The molecule has 3 aromatic rings. The van der Waals surface area contributed by atoms with Crippen LogP contribution in [0.5, 0.6) is 5.75 Å². The summed E-state index contributed by atoms with van der Waals surface area (Å²) in [5, 5.41) is 6.61. The monoisotopic (exact) mass is 425 g/mol. The minimum absolute atomic E-state index is 0.139. The van der Waals surface area contributed by atoms with Gasteiger partial charge < -0.3 is 14.6 Å². The molecule has 0 spiro atoms. The minimum atomic E-state index is -0.585. The third kappa shape index (κ3) is 4.14. The van der Waals surface area contributed by atoms with Gasteiger partial charge in [-0.1, -0.05) is 17.3 Å². The van der Waals surface area contributed by atoms with Gasteiger partial charge in [0.25, 0.3) is 5.56 Å². The van der Waals surface area contributed by atoms with Crippen LogP contribution in [0.3, 0.4) is 0 Å². The van der Waals surface area contributed by atoms with Crippen molar-refractivity contribution >= 4 is 5.91 Å². The predicted molar refractivity (Wildman–Crippen MR) is 111 cm³/mol. The van der Waals surface area contributed by atoms with E-state index in [1.165, 1.54) is 0 Å². The van der Waals surface area contributed by atoms with Gasteiger partial charge in [0.15, 0.2) is 0 Å². The molecule has 0 atom stereocenters. The number of ether oxygens (including phenoxy) is 1. The summed E-state index contributed by atoms with van der Waals surface area (Å²) in [5.41, 5.74) is 0.601. The van der Waals surface area contributed by atoms with Gasteiger partial charge in [0, 0.05) is 25.7 Å². The molecule has 10 nitrogen and oxygen atoms in total. The lowest BCUT2D eigenvalue weighted by molar-refractivity contribution is -0.121. The van der Waals surface area contributed by atoms with Gasteiger partial charge in [-0.2, -0.15) is 4.98 Å². The molecule has 0 aliphatic carbocycles. The van der Waals surface area contributed by atoms with Crippen molar-refractivity contribution in [2.75, 3.05) is 7.11 Å². The highest BCUT2D eigenvalue weighted by Crippen LogP contribution is 2.21. The smallest absolute Gasteiger partial charge is 0.331 e. The number of hydrogen-bond donors (Lipinski definition) is 1. The molecule has 3 heterocycles. The van der Waals surface area contributed by atoms with Crippen molar-refractivity contribution in [1.82, 2.24) is 24.6 Å². The van der Waals surface area contributed by atoms with Crippen LogP contribution in [0.25, 0.3) is 11.4 Å². The Labute approximate surface area is 177 Å². The largest absolute Gasteiger partial charge is 0.497 e. The van der Waals surface area contributed by atoms with Crippen molar-refractivity contribution in [3.8, 4) is 17.1 Å². The van der Waals surface area contributed by atoms with E-state index in [9.17, 15) is 14.4 Å². The first-order valence-electron chi connectivity index (χ1n) is 10.0. The molecular weight excluding hydrogens is 402 g/mol. The van der Waals surface area contributed by atoms with E-state index in [0.717, 1.165) is 23.0 Å². The highest BCUT2D eigenvalue weighted by atomic mass is 16.5. The third-order valence-corrected chi connectivity index (χ3v) is 5.28. The average molecular weight is 425 g/mol. The molecule has 0 unspecified atom stereocenters. The maximum atomic E-state index is 13.2. The maximum absolute atomic E-state index is 13.2. The van der Waals surface area contributed by atoms with E-state index in [2.05, 4.69) is 15.5 Å². The molecule has 4 rings (SSSR count). The van der Waals surface area contributed by atoms with E-state index in [4.69, 9.17) is 9.26 Å². The molecule has 1 aromatic carbocycles. The molecule has 0 saturated carbocycles. The van der Waals surface area contributed by atoms with Crippen molar-refractivity contribution in [2.45, 2.75) is 45.8 Å². The van der Waals surface area contributed by atoms with Crippen LogP contribution in [0.2, 0.25) is 0 Å². The molecule has 0 saturated heterocycles. The van der Waals surface area contributed by atoms with E-state index in [0.29, 0.717) is 30.3 Å². The summed E-state index contributed by atoms with van der Waals surface area (Å²) in [6.07, 6.45) is 2.24. The Hall–Kier alpha value is -3.69. The van der Waals surface area contributed by atoms with Crippen molar-refractivity contribution in [3.63, 3.8) is 0 Å². The van der Waals surface area contributed by atoms with Gasteiger partial charge in [0.05, 0.1) is 7.11 Å². The van der Waals surface area contributed by atoms with Crippen molar-refractivity contribution in [1.29, 1.82) is 0 Å². The van der Waals surface area contributed by atoms with Gasteiger partial charge in [-0.15, -0.1) is 0 Å². The molecule has 0 fully saturated rings. The fourth-order valence-corrected chi connectivity index (χ4v) is 3.70. The summed E-state index contributed by atoms with van der Waals surface area (Å²) >= 11 is 0. The van der Waals surface area contributed by atoms with Gasteiger partial charge in [-0.25, -0.2) is 4.79 Å². The molecular formula is C21H23N5O5. The Morgan fingerprint density at radius 3 is 2.68 bits per heavy atom. The molecule has 1 N–H and O–H groups in total. The Morgan fingerprint density at radius 1 is 1.23 bits per heavy atom. The number of benzene rings is 1. The number of amides is 1. The number of aryl methyl sites for hydroxylation is 1. The van der Waals surface area contributed by atoms with Crippen LogP contribution in [0, 0.1) is 6.92 Å². The lowest BCUT2D eigenvalue weighted by Crippen LogP contribution is -2.46. The van der Waals surface area contributed by atoms with Crippen LogP contribution in [-0.2, 0) is 30.8 Å². The molecule has 31 heavy (non-hydrogen) atoms. The number of nitrogens with one attached hydrogen (secondary N) is 1. The summed E-state index contributed by atoms with van der Waals surface area (Å²) in [7, 11) is 1.58. The minimum Gasteiger partial charge on any atom is -0.497 e. The fourth-order valence-electron chi connectivity index (χ4n) is 3.70. The first-order valence-corrected chi connectivity index (χ1v) is 10.0. The van der Waals surface area contributed by atoms with E-state index in [1.54, 1.807) is 30.7 Å². The van der Waals surface area contributed by atoms with E-state index in [-0.39, 0.29) is 17.9 Å². The Bertz CT molecular complexity index is 1220. The van der Waals surface area contributed by atoms with Crippen LogP contribution >= 0.6 is 0 Å². The predicted octanol–water partition coefficient (Wildman–Crippen LogP) is 1.03. The zero-order chi connectivity index (χ0) is 22.0. The van der Waals surface area contributed by atoms with Crippen molar-refractivity contribution < 1.29 is 14.1 Å². The summed E-state index contributed by atoms with van der Waals surface area (Å²) in [6, 6.07) is 7.24. The third-order valence-electron chi connectivity index (χ3n) is 5.28. The zero-order valence-electron chi connectivity index (χ0n) is 17.4. The summed E-state index contributed by atoms with van der Waals surface area (Å²) < 4.78 is 12.6. The van der Waals surface area contributed by atoms with E-state index in [1.807, 2.05) is 12.1 Å². The van der Waals surface area contributed by atoms with Gasteiger partial charge in [0.2, 0.25) is 17.6 Å². The number of nitrogens with zero attached hydrogens (tertiary/aromatic N) is 4. The van der Waals surface area contributed by atoms with Crippen LogP contribution in [0.4, 0.5) is 0 Å². The van der Waals surface area contributed by atoms with Crippen LogP contribution < -0.4 is 21.3 Å². The highest BCUT2D eigenvalue weighted by molar-refractivity contribution is 5.75. The standard InChI is InChI=1S/C21H23N5O5/c1-13-23-19(24-31-13)18-16-5-3-4-10-25(16)21(29)26(20(18)28)12-17(27)22-11-14-6-8-15(30-2)9-7-14/h6-9H,3-5,10-12H2,1-2H3,(H,22,27). The number of fused-ring (bicyclic) bond motifs is 1. The number of aromatic nitrogens is 4. The lowest BCUT2D eigenvalue weighted by atomic mass is 10.0. The quantitative estimate of drug-likeness (QED) is 0.626. The highest BCUT2D eigenvalue weighted by Gasteiger charge is 2.26. The first kappa shape index (κ1) is 20.6. The Balaban J connectivity index is 1.62. The summed E-state index contributed by atoms with van der Waals surface area (Å²) in [5.74, 6) is 0.731.